The number of carboxylic acids is 1. The number of amides is 2. The van der Waals surface area contributed by atoms with Crippen molar-refractivity contribution in [2.45, 2.75) is 122 Å². The maximum atomic E-state index is 13.1. The molecular weight excluding hydrogens is 524 g/mol. The van der Waals surface area contributed by atoms with Gasteiger partial charge in [-0.25, -0.2) is 9.78 Å². The topological polar surface area (TPSA) is 162 Å². The third-order valence-electron chi connectivity index (χ3n) is 7.00. The summed E-state index contributed by atoms with van der Waals surface area (Å²) in [7, 11) is 0. The first-order chi connectivity index (χ1) is 19.8. The molecule has 0 aliphatic rings. The summed E-state index contributed by atoms with van der Waals surface area (Å²) in [5.41, 5.74) is 6.58. The average molecular weight is 571 g/mol. The summed E-state index contributed by atoms with van der Waals surface area (Å²) in [4.78, 5) is 57.3. The van der Waals surface area contributed by atoms with Gasteiger partial charge < -0.3 is 20.9 Å². The lowest BCUT2D eigenvalue weighted by molar-refractivity contribution is -0.153. The second-order valence-corrected chi connectivity index (χ2v) is 10.6. The third-order valence-corrected chi connectivity index (χ3v) is 7.00. The van der Waals surface area contributed by atoms with Crippen molar-refractivity contribution in [1.82, 2.24) is 15.3 Å². The van der Waals surface area contributed by atoms with E-state index in [1.54, 1.807) is 18.2 Å². The number of carbonyl (C=O) groups excluding carboxylic acids is 3. The number of fused-ring (bicyclic) bond motifs is 1. The Hall–Kier alpha value is -3.56. The number of aromatic nitrogens is 2. The fraction of sp³-hybridized carbons (Fsp3) is 0.613. The van der Waals surface area contributed by atoms with Crippen LogP contribution >= 0.6 is 0 Å². The number of hydrogen-bond acceptors (Lipinski definition) is 7. The number of ether oxygens (including phenoxy) is 1. The van der Waals surface area contributed by atoms with Crippen molar-refractivity contribution in [2.75, 3.05) is 0 Å². The number of carboxylic acid groups (broad SMARTS) is 1. The Labute approximate surface area is 242 Å². The zero-order chi connectivity index (χ0) is 29.9. The molecule has 2 rings (SSSR count). The van der Waals surface area contributed by atoms with Gasteiger partial charge in [-0.3, -0.25) is 19.4 Å². The van der Waals surface area contributed by atoms with Crippen LogP contribution in [0.25, 0.3) is 11.0 Å². The summed E-state index contributed by atoms with van der Waals surface area (Å²) < 4.78 is 5.64. The largest absolute Gasteiger partial charge is 0.481 e. The smallest absolute Gasteiger partial charge is 0.328 e. The van der Waals surface area contributed by atoms with E-state index in [1.165, 1.54) is 51.1 Å². The number of nitrogens with two attached hydrogens (primary N) is 1. The SMILES string of the molecule is CCCCCCCCCCCCCC(CC(N)=O)OC(=O)C(CCCC(=O)O)NC(=O)c1cnc2ccccc2n1. The van der Waals surface area contributed by atoms with Crippen LogP contribution in [0.2, 0.25) is 0 Å². The van der Waals surface area contributed by atoms with Crippen LogP contribution in [0.4, 0.5) is 0 Å². The van der Waals surface area contributed by atoms with Crippen LogP contribution in [0.5, 0.6) is 0 Å². The molecule has 1 heterocycles. The number of nitrogens with one attached hydrogen (secondary N) is 1. The van der Waals surface area contributed by atoms with E-state index in [2.05, 4.69) is 22.2 Å². The first-order valence-corrected chi connectivity index (χ1v) is 15.0. The monoisotopic (exact) mass is 570 g/mol. The lowest BCUT2D eigenvalue weighted by Crippen LogP contribution is -2.43. The highest BCUT2D eigenvalue weighted by Gasteiger charge is 2.27. The second kappa shape index (κ2) is 19.5. The van der Waals surface area contributed by atoms with E-state index in [4.69, 9.17) is 15.6 Å². The van der Waals surface area contributed by atoms with Gasteiger partial charge in [0.15, 0.2) is 0 Å². The second-order valence-electron chi connectivity index (χ2n) is 10.6. The maximum absolute atomic E-state index is 13.1. The summed E-state index contributed by atoms with van der Waals surface area (Å²) in [6, 6.07) is 5.97. The number of carbonyl (C=O) groups is 4. The summed E-state index contributed by atoms with van der Waals surface area (Å²) in [5, 5.41) is 11.6. The van der Waals surface area contributed by atoms with E-state index >= 15 is 0 Å². The van der Waals surface area contributed by atoms with E-state index < -0.39 is 35.9 Å². The lowest BCUT2D eigenvalue weighted by Gasteiger charge is -2.22. The lowest BCUT2D eigenvalue weighted by atomic mass is 10.0. The van der Waals surface area contributed by atoms with Crippen molar-refractivity contribution in [1.29, 1.82) is 0 Å². The van der Waals surface area contributed by atoms with Gasteiger partial charge in [0.2, 0.25) is 5.91 Å². The van der Waals surface area contributed by atoms with Crippen LogP contribution < -0.4 is 11.1 Å². The Kier molecular flexibility index (Phi) is 16.0. The van der Waals surface area contributed by atoms with Crippen molar-refractivity contribution in [3.8, 4) is 0 Å². The minimum atomic E-state index is -1.11. The van der Waals surface area contributed by atoms with Crippen LogP contribution in [0.1, 0.15) is 120 Å². The van der Waals surface area contributed by atoms with Crippen molar-refractivity contribution < 1.29 is 29.0 Å². The standard InChI is InChI=1S/C31H46N4O6/c1-2-3-4-5-6-7-8-9-10-11-12-16-23(21-28(32)36)41-31(40)26(19-15-20-29(37)38)35-30(39)27-22-33-24-17-13-14-18-25(24)34-27/h13-14,17-18,22-23,26H,2-12,15-16,19-21H2,1H3,(H2,32,36)(H,35,39)(H,37,38). The zero-order valence-corrected chi connectivity index (χ0v) is 24.3. The number of hydrogen-bond donors (Lipinski definition) is 3. The zero-order valence-electron chi connectivity index (χ0n) is 24.3. The number of nitrogens with zero attached hydrogens (tertiary/aromatic N) is 2. The quantitative estimate of drug-likeness (QED) is 0.124. The Morgan fingerprint density at radius 2 is 1.49 bits per heavy atom. The number of rotatable bonds is 22. The molecule has 0 aliphatic heterocycles. The van der Waals surface area contributed by atoms with E-state index in [0.29, 0.717) is 17.5 Å². The van der Waals surface area contributed by atoms with E-state index in [1.807, 2.05) is 6.07 Å². The summed E-state index contributed by atoms with van der Waals surface area (Å²) >= 11 is 0. The molecule has 2 aromatic rings. The Bertz CT molecular complexity index is 1110. The van der Waals surface area contributed by atoms with Crippen molar-refractivity contribution >= 4 is 34.8 Å². The van der Waals surface area contributed by atoms with Gasteiger partial charge in [-0.05, 0) is 37.8 Å². The Morgan fingerprint density at radius 3 is 2.10 bits per heavy atom. The van der Waals surface area contributed by atoms with Crippen molar-refractivity contribution in [3.05, 3.63) is 36.2 Å². The van der Waals surface area contributed by atoms with E-state index in [-0.39, 0.29) is 31.4 Å². The number of primary amides is 1. The molecule has 1 aromatic heterocycles. The normalized spacial score (nSPS) is 12.5. The Balaban J connectivity index is 1.90. The van der Waals surface area contributed by atoms with Crippen LogP contribution in [0.15, 0.2) is 30.5 Å². The molecule has 41 heavy (non-hydrogen) atoms. The molecule has 1 aromatic carbocycles. The number of aliphatic carboxylic acids is 1. The number of para-hydroxylation sites is 2. The molecule has 2 atom stereocenters. The number of esters is 1. The van der Waals surface area contributed by atoms with Gasteiger partial charge in [0.1, 0.15) is 17.8 Å². The molecule has 0 saturated heterocycles. The van der Waals surface area contributed by atoms with Gasteiger partial charge in [0.05, 0.1) is 23.7 Å². The molecule has 2 amide bonds. The van der Waals surface area contributed by atoms with Crippen LogP contribution in [-0.4, -0.2) is 51.0 Å². The van der Waals surface area contributed by atoms with Gasteiger partial charge in [0.25, 0.3) is 5.91 Å². The minimum absolute atomic E-state index is 0.0226. The number of benzene rings is 1. The molecule has 10 nitrogen and oxygen atoms in total. The van der Waals surface area contributed by atoms with Crippen LogP contribution in [0, 0.1) is 0 Å². The highest BCUT2D eigenvalue weighted by molar-refractivity contribution is 5.96. The highest BCUT2D eigenvalue weighted by atomic mass is 16.5. The maximum Gasteiger partial charge on any atom is 0.328 e. The van der Waals surface area contributed by atoms with Crippen molar-refractivity contribution in [2.24, 2.45) is 5.73 Å². The fourth-order valence-electron chi connectivity index (χ4n) is 4.71. The van der Waals surface area contributed by atoms with Crippen LogP contribution in [-0.2, 0) is 19.1 Å². The molecule has 10 heteroatoms. The van der Waals surface area contributed by atoms with Gasteiger partial charge in [-0.1, -0.05) is 83.3 Å². The molecule has 0 spiro atoms. The first kappa shape index (κ1) is 33.6. The minimum Gasteiger partial charge on any atom is -0.481 e. The van der Waals surface area contributed by atoms with Gasteiger partial charge in [-0.2, -0.15) is 0 Å². The molecule has 0 saturated carbocycles. The molecule has 0 fully saturated rings. The number of unbranched alkanes of at least 4 members (excludes halogenated alkanes) is 10. The predicted octanol–water partition coefficient (Wildman–Crippen LogP) is 5.47. The van der Waals surface area contributed by atoms with E-state index in [9.17, 15) is 19.2 Å². The molecule has 4 N–H and O–H groups in total. The molecule has 2 unspecified atom stereocenters. The fourth-order valence-corrected chi connectivity index (χ4v) is 4.71. The van der Waals surface area contributed by atoms with Crippen LogP contribution in [0.3, 0.4) is 0 Å². The molecule has 0 aliphatic carbocycles. The third kappa shape index (κ3) is 14.1. The highest BCUT2D eigenvalue weighted by Crippen LogP contribution is 2.16. The predicted molar refractivity (Wildman–Crippen MR) is 157 cm³/mol. The molecule has 0 radical (unpaired) electrons. The van der Waals surface area contributed by atoms with Gasteiger partial charge in [0, 0.05) is 6.42 Å². The van der Waals surface area contributed by atoms with E-state index in [0.717, 1.165) is 25.7 Å². The van der Waals surface area contributed by atoms with Gasteiger partial charge in [-0.15, -0.1) is 0 Å². The van der Waals surface area contributed by atoms with Crippen molar-refractivity contribution in [3.63, 3.8) is 0 Å². The average Bonchev–Trinajstić information content (AvgIpc) is 2.94. The molecular formula is C31H46N4O6. The summed E-state index contributed by atoms with van der Waals surface area (Å²) in [6.45, 7) is 2.22. The Morgan fingerprint density at radius 1 is 0.878 bits per heavy atom. The summed E-state index contributed by atoms with van der Waals surface area (Å²) in [5.74, 6) is -2.94. The van der Waals surface area contributed by atoms with Gasteiger partial charge >= 0.3 is 11.9 Å². The molecule has 0 bridgehead atoms. The molecule has 226 valence electrons. The summed E-state index contributed by atoms with van der Waals surface area (Å²) in [6.07, 6.45) is 13.9. The first-order valence-electron chi connectivity index (χ1n) is 15.0.